The van der Waals surface area contributed by atoms with E-state index in [1.54, 1.807) is 0 Å². The summed E-state index contributed by atoms with van der Waals surface area (Å²) in [4.78, 5) is 11.4. The maximum Gasteiger partial charge on any atom is 0.234 e. The lowest BCUT2D eigenvalue weighted by Gasteiger charge is -2.22. The SMILES string of the molecule is O=C(CNC1CCCSC1)NC1CC1. The van der Waals surface area contributed by atoms with Gasteiger partial charge in [0.05, 0.1) is 6.54 Å². The third-order valence-electron chi connectivity index (χ3n) is 2.65. The van der Waals surface area contributed by atoms with Crippen molar-refractivity contribution in [3.05, 3.63) is 0 Å². The van der Waals surface area contributed by atoms with Crippen LogP contribution >= 0.6 is 11.8 Å². The average Bonchev–Trinajstić information content (AvgIpc) is 3.00. The second kappa shape index (κ2) is 5.03. The first kappa shape index (κ1) is 10.3. The molecule has 2 fully saturated rings. The second-order valence-electron chi connectivity index (χ2n) is 4.14. The molecule has 1 heterocycles. The molecule has 0 radical (unpaired) electrons. The summed E-state index contributed by atoms with van der Waals surface area (Å²) in [7, 11) is 0. The largest absolute Gasteiger partial charge is 0.352 e. The molecule has 1 atom stereocenters. The van der Waals surface area contributed by atoms with Crippen LogP contribution in [0.3, 0.4) is 0 Å². The van der Waals surface area contributed by atoms with Crippen molar-refractivity contribution >= 4 is 17.7 Å². The van der Waals surface area contributed by atoms with Gasteiger partial charge in [0.1, 0.15) is 0 Å². The Balaban J connectivity index is 1.57. The summed E-state index contributed by atoms with van der Waals surface area (Å²) in [5.41, 5.74) is 0. The Labute approximate surface area is 89.4 Å². The van der Waals surface area contributed by atoms with Crippen LogP contribution in [0.4, 0.5) is 0 Å². The van der Waals surface area contributed by atoms with Gasteiger partial charge in [0.2, 0.25) is 5.91 Å². The molecule has 0 spiro atoms. The molecule has 1 saturated heterocycles. The van der Waals surface area contributed by atoms with Gasteiger partial charge in [0, 0.05) is 17.8 Å². The van der Waals surface area contributed by atoms with E-state index in [0.717, 1.165) is 5.75 Å². The fraction of sp³-hybridized carbons (Fsp3) is 0.900. The summed E-state index contributed by atoms with van der Waals surface area (Å²) in [6, 6.07) is 1.05. The monoisotopic (exact) mass is 214 g/mol. The number of carbonyl (C=O) groups is 1. The number of rotatable bonds is 4. The zero-order valence-corrected chi connectivity index (χ0v) is 9.24. The van der Waals surface area contributed by atoms with Crippen LogP contribution in [0.15, 0.2) is 0 Å². The molecule has 0 aromatic heterocycles. The summed E-state index contributed by atoms with van der Waals surface area (Å²) in [5, 5.41) is 6.31. The van der Waals surface area contributed by atoms with Crippen LogP contribution in [0.5, 0.6) is 0 Å². The Hall–Kier alpha value is -0.220. The molecule has 0 aromatic rings. The van der Waals surface area contributed by atoms with Crippen LogP contribution < -0.4 is 10.6 Å². The van der Waals surface area contributed by atoms with E-state index in [9.17, 15) is 4.79 Å². The van der Waals surface area contributed by atoms with Crippen molar-refractivity contribution in [3.63, 3.8) is 0 Å². The number of hydrogen-bond donors (Lipinski definition) is 2. The van der Waals surface area contributed by atoms with E-state index in [1.165, 1.54) is 31.4 Å². The summed E-state index contributed by atoms with van der Waals surface area (Å²) in [6.45, 7) is 0.502. The van der Waals surface area contributed by atoms with Crippen LogP contribution in [0.2, 0.25) is 0 Å². The number of nitrogens with one attached hydrogen (secondary N) is 2. The molecule has 2 aliphatic rings. The van der Waals surface area contributed by atoms with E-state index in [1.807, 2.05) is 11.8 Å². The summed E-state index contributed by atoms with van der Waals surface area (Å²) >= 11 is 1.99. The topological polar surface area (TPSA) is 41.1 Å². The maximum atomic E-state index is 11.4. The van der Waals surface area contributed by atoms with Crippen molar-refractivity contribution in [1.29, 1.82) is 0 Å². The molecule has 2 N–H and O–H groups in total. The lowest BCUT2D eigenvalue weighted by Crippen LogP contribution is -2.41. The van der Waals surface area contributed by atoms with Crippen molar-refractivity contribution in [1.82, 2.24) is 10.6 Å². The second-order valence-corrected chi connectivity index (χ2v) is 5.29. The van der Waals surface area contributed by atoms with Crippen LogP contribution in [-0.4, -0.2) is 36.0 Å². The Morgan fingerprint density at radius 1 is 1.29 bits per heavy atom. The van der Waals surface area contributed by atoms with Crippen molar-refractivity contribution in [2.24, 2.45) is 0 Å². The number of thioether (sulfide) groups is 1. The van der Waals surface area contributed by atoms with E-state index < -0.39 is 0 Å². The van der Waals surface area contributed by atoms with E-state index >= 15 is 0 Å². The lowest BCUT2D eigenvalue weighted by atomic mass is 10.2. The molecule has 1 unspecified atom stereocenters. The fourth-order valence-corrected chi connectivity index (χ4v) is 2.75. The van der Waals surface area contributed by atoms with Crippen molar-refractivity contribution in [2.75, 3.05) is 18.1 Å². The van der Waals surface area contributed by atoms with Gasteiger partial charge in [-0.25, -0.2) is 0 Å². The molecule has 2 rings (SSSR count). The molecule has 4 heteroatoms. The molecule has 1 saturated carbocycles. The van der Waals surface area contributed by atoms with E-state index in [2.05, 4.69) is 10.6 Å². The Morgan fingerprint density at radius 2 is 2.14 bits per heavy atom. The van der Waals surface area contributed by atoms with Crippen LogP contribution in [0.25, 0.3) is 0 Å². The number of hydrogen-bond acceptors (Lipinski definition) is 3. The van der Waals surface area contributed by atoms with Crippen molar-refractivity contribution in [2.45, 2.75) is 37.8 Å². The minimum absolute atomic E-state index is 0.170. The highest BCUT2D eigenvalue weighted by atomic mass is 32.2. The highest BCUT2D eigenvalue weighted by Gasteiger charge is 2.23. The molecule has 1 amide bonds. The smallest absolute Gasteiger partial charge is 0.234 e. The first-order valence-electron chi connectivity index (χ1n) is 5.45. The normalized spacial score (nSPS) is 27.3. The van der Waals surface area contributed by atoms with Gasteiger partial charge in [-0.15, -0.1) is 0 Å². The quantitative estimate of drug-likeness (QED) is 0.725. The van der Waals surface area contributed by atoms with Gasteiger partial charge in [0.25, 0.3) is 0 Å². The lowest BCUT2D eigenvalue weighted by molar-refractivity contribution is -0.120. The zero-order chi connectivity index (χ0) is 9.80. The molecule has 80 valence electrons. The van der Waals surface area contributed by atoms with Crippen molar-refractivity contribution in [3.8, 4) is 0 Å². The summed E-state index contributed by atoms with van der Waals surface area (Å²) in [6.07, 6.45) is 4.85. The van der Waals surface area contributed by atoms with Gasteiger partial charge in [-0.2, -0.15) is 11.8 Å². The van der Waals surface area contributed by atoms with Gasteiger partial charge < -0.3 is 10.6 Å². The standard InChI is InChI=1S/C10H18N2OS/c13-10(12-8-3-4-8)6-11-9-2-1-5-14-7-9/h8-9,11H,1-7H2,(H,12,13). The molecule has 1 aliphatic heterocycles. The van der Waals surface area contributed by atoms with Gasteiger partial charge in [-0.05, 0) is 31.4 Å². The fourth-order valence-electron chi connectivity index (χ4n) is 1.65. The Kier molecular flexibility index (Phi) is 3.70. The van der Waals surface area contributed by atoms with E-state index in [0.29, 0.717) is 18.6 Å². The van der Waals surface area contributed by atoms with Gasteiger partial charge in [-0.3, -0.25) is 4.79 Å². The summed E-state index contributed by atoms with van der Waals surface area (Å²) < 4.78 is 0. The van der Waals surface area contributed by atoms with Crippen LogP contribution in [-0.2, 0) is 4.79 Å². The highest BCUT2D eigenvalue weighted by molar-refractivity contribution is 7.99. The van der Waals surface area contributed by atoms with Gasteiger partial charge in [0.15, 0.2) is 0 Å². The highest BCUT2D eigenvalue weighted by Crippen LogP contribution is 2.18. The first-order chi connectivity index (χ1) is 6.84. The Morgan fingerprint density at radius 3 is 2.79 bits per heavy atom. The van der Waals surface area contributed by atoms with E-state index in [4.69, 9.17) is 0 Å². The predicted octanol–water partition coefficient (Wildman–Crippen LogP) is 0.750. The van der Waals surface area contributed by atoms with Crippen LogP contribution in [0.1, 0.15) is 25.7 Å². The third-order valence-corrected chi connectivity index (χ3v) is 3.87. The van der Waals surface area contributed by atoms with E-state index in [-0.39, 0.29) is 5.91 Å². The van der Waals surface area contributed by atoms with Gasteiger partial charge >= 0.3 is 0 Å². The van der Waals surface area contributed by atoms with Gasteiger partial charge in [-0.1, -0.05) is 0 Å². The molecular weight excluding hydrogens is 196 g/mol. The molecule has 14 heavy (non-hydrogen) atoms. The number of amides is 1. The molecule has 0 bridgehead atoms. The number of carbonyl (C=O) groups excluding carboxylic acids is 1. The molecule has 0 aromatic carbocycles. The predicted molar refractivity (Wildman–Crippen MR) is 59.5 cm³/mol. The third kappa shape index (κ3) is 3.50. The minimum Gasteiger partial charge on any atom is -0.352 e. The molecular formula is C10H18N2OS. The molecule has 1 aliphatic carbocycles. The first-order valence-corrected chi connectivity index (χ1v) is 6.60. The zero-order valence-electron chi connectivity index (χ0n) is 8.42. The summed E-state index contributed by atoms with van der Waals surface area (Å²) in [5.74, 6) is 2.62. The van der Waals surface area contributed by atoms with Crippen molar-refractivity contribution < 1.29 is 4.79 Å². The molecule has 3 nitrogen and oxygen atoms in total. The van der Waals surface area contributed by atoms with Crippen LogP contribution in [0, 0.1) is 0 Å². The Bertz CT molecular complexity index is 200. The minimum atomic E-state index is 0.170. The maximum absolute atomic E-state index is 11.4. The average molecular weight is 214 g/mol.